The molecule has 0 aliphatic heterocycles. The van der Waals surface area contributed by atoms with E-state index < -0.39 is 5.97 Å². The molecule has 2 aromatic rings. The molecule has 4 nitrogen and oxygen atoms in total. The Kier molecular flexibility index (Phi) is 3.39. The Morgan fingerprint density at radius 3 is 3.00 bits per heavy atom. The van der Waals surface area contributed by atoms with E-state index in [1.165, 1.54) is 11.3 Å². The summed E-state index contributed by atoms with van der Waals surface area (Å²) < 4.78 is 0. The van der Waals surface area contributed by atoms with Crippen molar-refractivity contribution in [1.82, 2.24) is 4.98 Å². The topological polar surface area (TPSA) is 62.2 Å². The summed E-state index contributed by atoms with van der Waals surface area (Å²) in [6, 6.07) is 5.22. The van der Waals surface area contributed by atoms with Crippen molar-refractivity contribution in [3.8, 4) is 0 Å². The van der Waals surface area contributed by atoms with Crippen LogP contribution in [0, 0.1) is 6.92 Å². The summed E-state index contributed by atoms with van der Waals surface area (Å²) in [5.74, 6) is -0.922. The fraction of sp³-hybridized carbons (Fsp3) is 0.167. The van der Waals surface area contributed by atoms with Gasteiger partial charge in [0.25, 0.3) is 0 Å². The van der Waals surface area contributed by atoms with Crippen LogP contribution in [0.15, 0.2) is 29.1 Å². The molecule has 0 atom stereocenters. The first-order chi connectivity index (χ1) is 8.18. The van der Waals surface area contributed by atoms with Gasteiger partial charge in [-0.05, 0) is 18.6 Å². The molecule has 0 radical (unpaired) electrons. The van der Waals surface area contributed by atoms with Crippen molar-refractivity contribution in [3.63, 3.8) is 0 Å². The van der Waals surface area contributed by atoms with Gasteiger partial charge in [0.2, 0.25) is 0 Å². The standard InChI is InChI=1S/C12H12N2O2S/c1-8-3-2-4-10(12(15)16)11(8)13-5-9-6-17-7-14-9/h2-4,6-7,13H,5H2,1H3,(H,15,16). The maximum absolute atomic E-state index is 11.1. The van der Waals surface area contributed by atoms with Gasteiger partial charge in [-0.2, -0.15) is 0 Å². The van der Waals surface area contributed by atoms with Crippen molar-refractivity contribution in [2.24, 2.45) is 0 Å². The fourth-order valence-electron chi connectivity index (χ4n) is 1.58. The number of carboxylic acids is 1. The Hall–Kier alpha value is -1.88. The molecule has 1 aromatic carbocycles. The summed E-state index contributed by atoms with van der Waals surface area (Å²) in [6.45, 7) is 2.42. The van der Waals surface area contributed by atoms with Gasteiger partial charge in [-0.25, -0.2) is 9.78 Å². The predicted molar refractivity (Wildman–Crippen MR) is 67.6 cm³/mol. The maximum Gasteiger partial charge on any atom is 0.337 e. The number of nitrogens with one attached hydrogen (secondary N) is 1. The molecule has 1 aromatic heterocycles. The number of para-hydroxylation sites is 1. The van der Waals surface area contributed by atoms with E-state index in [4.69, 9.17) is 5.11 Å². The summed E-state index contributed by atoms with van der Waals surface area (Å²) in [5, 5.41) is 14.2. The number of carboxylic acid groups (broad SMARTS) is 1. The van der Waals surface area contributed by atoms with E-state index in [9.17, 15) is 4.79 Å². The average Bonchev–Trinajstić information content (AvgIpc) is 2.80. The molecule has 17 heavy (non-hydrogen) atoms. The molecule has 2 rings (SSSR count). The van der Waals surface area contributed by atoms with Gasteiger partial charge >= 0.3 is 5.97 Å². The fourth-order valence-corrected chi connectivity index (χ4v) is 2.14. The van der Waals surface area contributed by atoms with E-state index in [0.29, 0.717) is 17.8 Å². The summed E-state index contributed by atoms with van der Waals surface area (Å²) in [6.07, 6.45) is 0. The number of thiazole rings is 1. The first-order valence-corrected chi connectivity index (χ1v) is 6.06. The number of hydrogen-bond acceptors (Lipinski definition) is 4. The number of aromatic carboxylic acids is 1. The number of aryl methyl sites for hydroxylation is 1. The van der Waals surface area contributed by atoms with E-state index in [1.807, 2.05) is 18.4 Å². The zero-order valence-corrected chi connectivity index (χ0v) is 10.1. The highest BCUT2D eigenvalue weighted by atomic mass is 32.1. The van der Waals surface area contributed by atoms with Gasteiger partial charge in [-0.1, -0.05) is 12.1 Å². The van der Waals surface area contributed by atoms with Crippen molar-refractivity contribution in [2.75, 3.05) is 5.32 Å². The zero-order chi connectivity index (χ0) is 12.3. The van der Waals surface area contributed by atoms with Crippen molar-refractivity contribution < 1.29 is 9.90 Å². The minimum atomic E-state index is -0.922. The molecular formula is C12H12N2O2S. The third kappa shape index (κ3) is 2.62. The zero-order valence-electron chi connectivity index (χ0n) is 9.30. The van der Waals surface area contributed by atoms with E-state index in [2.05, 4.69) is 10.3 Å². The van der Waals surface area contributed by atoms with Gasteiger partial charge in [0.15, 0.2) is 0 Å². The summed E-state index contributed by atoms with van der Waals surface area (Å²) in [5.41, 5.74) is 4.54. The van der Waals surface area contributed by atoms with Crippen LogP contribution in [0.5, 0.6) is 0 Å². The van der Waals surface area contributed by atoms with E-state index in [0.717, 1.165) is 11.3 Å². The third-order valence-corrected chi connectivity index (χ3v) is 3.07. The number of nitrogens with zero attached hydrogens (tertiary/aromatic N) is 1. The Labute approximate surface area is 103 Å². The normalized spacial score (nSPS) is 10.2. The monoisotopic (exact) mass is 248 g/mol. The molecule has 5 heteroatoms. The molecule has 0 unspecified atom stereocenters. The summed E-state index contributed by atoms with van der Waals surface area (Å²) in [7, 11) is 0. The van der Waals surface area contributed by atoms with Gasteiger partial charge in [0.05, 0.1) is 29.0 Å². The number of benzene rings is 1. The molecule has 2 N–H and O–H groups in total. The highest BCUT2D eigenvalue weighted by Crippen LogP contribution is 2.21. The van der Waals surface area contributed by atoms with E-state index in [1.54, 1.807) is 17.6 Å². The van der Waals surface area contributed by atoms with Gasteiger partial charge in [0, 0.05) is 5.38 Å². The van der Waals surface area contributed by atoms with Crippen molar-refractivity contribution in [1.29, 1.82) is 0 Å². The molecule has 0 aliphatic rings. The van der Waals surface area contributed by atoms with Gasteiger partial charge < -0.3 is 10.4 Å². The molecular weight excluding hydrogens is 236 g/mol. The van der Waals surface area contributed by atoms with Crippen LogP contribution < -0.4 is 5.32 Å². The lowest BCUT2D eigenvalue weighted by Crippen LogP contribution is -2.08. The van der Waals surface area contributed by atoms with Crippen LogP contribution in [-0.2, 0) is 6.54 Å². The maximum atomic E-state index is 11.1. The molecule has 0 saturated carbocycles. The first kappa shape index (κ1) is 11.6. The molecule has 0 amide bonds. The Morgan fingerprint density at radius 2 is 2.35 bits per heavy atom. The number of aromatic nitrogens is 1. The third-order valence-electron chi connectivity index (χ3n) is 2.43. The van der Waals surface area contributed by atoms with Crippen LogP contribution in [0.25, 0.3) is 0 Å². The second kappa shape index (κ2) is 4.97. The van der Waals surface area contributed by atoms with E-state index in [-0.39, 0.29) is 0 Å². The van der Waals surface area contributed by atoms with Crippen LogP contribution >= 0.6 is 11.3 Å². The average molecular weight is 248 g/mol. The highest BCUT2D eigenvalue weighted by Gasteiger charge is 2.11. The second-order valence-electron chi connectivity index (χ2n) is 3.64. The molecule has 0 spiro atoms. The highest BCUT2D eigenvalue weighted by molar-refractivity contribution is 7.07. The molecule has 0 aliphatic carbocycles. The molecule has 88 valence electrons. The lowest BCUT2D eigenvalue weighted by Gasteiger charge is -2.11. The second-order valence-corrected chi connectivity index (χ2v) is 4.35. The Bertz CT molecular complexity index is 523. The smallest absolute Gasteiger partial charge is 0.337 e. The molecule has 1 heterocycles. The lowest BCUT2D eigenvalue weighted by molar-refractivity contribution is 0.0698. The quantitative estimate of drug-likeness (QED) is 0.873. The van der Waals surface area contributed by atoms with Crippen molar-refractivity contribution in [3.05, 3.63) is 45.9 Å². The predicted octanol–water partition coefficient (Wildman–Crippen LogP) is 2.76. The van der Waals surface area contributed by atoms with Crippen LogP contribution in [-0.4, -0.2) is 16.1 Å². The number of rotatable bonds is 4. The van der Waals surface area contributed by atoms with Crippen LogP contribution in [0.3, 0.4) is 0 Å². The SMILES string of the molecule is Cc1cccc(C(=O)O)c1NCc1cscn1. The molecule has 0 saturated heterocycles. The summed E-state index contributed by atoms with van der Waals surface area (Å²) in [4.78, 5) is 15.2. The lowest BCUT2D eigenvalue weighted by atomic mass is 10.1. The van der Waals surface area contributed by atoms with Crippen molar-refractivity contribution >= 4 is 23.0 Å². The minimum Gasteiger partial charge on any atom is -0.478 e. The largest absolute Gasteiger partial charge is 0.478 e. The van der Waals surface area contributed by atoms with Gasteiger partial charge in [0.1, 0.15) is 0 Å². The van der Waals surface area contributed by atoms with Gasteiger partial charge in [-0.3, -0.25) is 0 Å². The number of anilines is 1. The number of hydrogen-bond donors (Lipinski definition) is 2. The molecule has 0 bridgehead atoms. The van der Waals surface area contributed by atoms with Crippen LogP contribution in [0.4, 0.5) is 5.69 Å². The van der Waals surface area contributed by atoms with Crippen molar-refractivity contribution in [2.45, 2.75) is 13.5 Å². The Balaban J connectivity index is 2.22. The number of carbonyl (C=O) groups is 1. The van der Waals surface area contributed by atoms with Gasteiger partial charge in [-0.15, -0.1) is 11.3 Å². The van der Waals surface area contributed by atoms with Crippen LogP contribution in [0.1, 0.15) is 21.6 Å². The minimum absolute atomic E-state index is 0.292. The Morgan fingerprint density at radius 1 is 1.53 bits per heavy atom. The van der Waals surface area contributed by atoms with Crippen LogP contribution in [0.2, 0.25) is 0 Å². The molecule has 0 fully saturated rings. The van der Waals surface area contributed by atoms with E-state index >= 15 is 0 Å². The summed E-state index contributed by atoms with van der Waals surface area (Å²) >= 11 is 1.52. The first-order valence-electron chi connectivity index (χ1n) is 5.12.